The van der Waals surface area contributed by atoms with Crippen molar-refractivity contribution in [3.63, 3.8) is 0 Å². The van der Waals surface area contributed by atoms with Gasteiger partial charge in [-0.15, -0.1) is 0 Å². The van der Waals surface area contributed by atoms with Crippen molar-refractivity contribution in [1.29, 1.82) is 0 Å². The molecule has 7 nitrogen and oxygen atoms in total. The molecule has 0 radical (unpaired) electrons. The SMILES string of the molecule is CN(C1CCCCC1)C1CCC(C2CC3(C)C(CCC3(O)C#CCOC3CCCCO3)C3CCC4(O)CC5(CCC4C23)OCCO5)CC1. The molecule has 2 aliphatic heterocycles. The van der Waals surface area contributed by atoms with Crippen LogP contribution in [0.4, 0.5) is 0 Å². The molecule has 8 aliphatic rings. The lowest BCUT2D eigenvalue weighted by atomic mass is 9.43. The van der Waals surface area contributed by atoms with Crippen molar-refractivity contribution in [3.05, 3.63) is 0 Å². The Balaban J connectivity index is 1.04. The highest BCUT2D eigenvalue weighted by Gasteiger charge is 2.68. The minimum atomic E-state index is -0.994. The van der Waals surface area contributed by atoms with Gasteiger partial charge in [0.25, 0.3) is 0 Å². The molecule has 0 amide bonds. The van der Waals surface area contributed by atoms with Crippen LogP contribution in [0.5, 0.6) is 0 Å². The summed E-state index contributed by atoms with van der Waals surface area (Å²) >= 11 is 0. The van der Waals surface area contributed by atoms with Gasteiger partial charge in [-0.1, -0.05) is 38.0 Å². The second-order valence-electron chi connectivity index (χ2n) is 18.0. The minimum absolute atomic E-state index is 0.155. The van der Waals surface area contributed by atoms with Crippen molar-refractivity contribution >= 4 is 0 Å². The fourth-order valence-corrected chi connectivity index (χ4v) is 13.4. The Labute approximate surface area is 290 Å². The van der Waals surface area contributed by atoms with Gasteiger partial charge in [-0.3, -0.25) is 0 Å². The highest BCUT2D eigenvalue weighted by Crippen LogP contribution is 2.69. The van der Waals surface area contributed by atoms with Gasteiger partial charge in [0.15, 0.2) is 12.1 Å². The number of nitrogens with zero attached hydrogens (tertiary/aromatic N) is 1. The first-order valence-corrected chi connectivity index (χ1v) is 20.4. The topological polar surface area (TPSA) is 80.6 Å². The summed E-state index contributed by atoms with van der Waals surface area (Å²) in [6.07, 6.45) is 22.3. The molecule has 270 valence electrons. The predicted octanol–water partition coefficient (Wildman–Crippen LogP) is 6.82. The molecule has 6 aliphatic carbocycles. The first-order chi connectivity index (χ1) is 23.2. The quantitative estimate of drug-likeness (QED) is 0.312. The summed E-state index contributed by atoms with van der Waals surface area (Å²) in [6.45, 7) is 4.77. The van der Waals surface area contributed by atoms with Crippen molar-refractivity contribution in [3.8, 4) is 11.8 Å². The molecular weight excluding hydrogens is 602 g/mol. The van der Waals surface area contributed by atoms with Gasteiger partial charge in [0.1, 0.15) is 12.2 Å². The summed E-state index contributed by atoms with van der Waals surface area (Å²) in [4.78, 5) is 2.77. The van der Waals surface area contributed by atoms with E-state index >= 15 is 0 Å². The molecule has 0 bridgehead atoms. The van der Waals surface area contributed by atoms with Crippen molar-refractivity contribution in [2.45, 2.75) is 171 Å². The lowest BCUT2D eigenvalue weighted by Gasteiger charge is -2.63. The second-order valence-corrected chi connectivity index (χ2v) is 18.0. The van der Waals surface area contributed by atoms with Crippen molar-refractivity contribution < 1.29 is 29.2 Å². The maximum absolute atomic E-state index is 12.5. The molecule has 9 atom stereocenters. The van der Waals surface area contributed by atoms with Crippen LogP contribution in [-0.4, -0.2) is 84.0 Å². The van der Waals surface area contributed by atoms with Gasteiger partial charge in [-0.2, -0.15) is 0 Å². The van der Waals surface area contributed by atoms with Gasteiger partial charge < -0.3 is 34.1 Å². The van der Waals surface area contributed by atoms with Gasteiger partial charge in [-0.05, 0) is 139 Å². The molecule has 1 spiro atoms. The summed E-state index contributed by atoms with van der Waals surface area (Å²) in [5.41, 5.74) is -1.96. The van der Waals surface area contributed by atoms with E-state index in [0.717, 1.165) is 76.9 Å². The minimum Gasteiger partial charge on any atom is -0.389 e. The predicted molar refractivity (Wildman–Crippen MR) is 185 cm³/mol. The third-order valence-corrected chi connectivity index (χ3v) is 15.9. The smallest absolute Gasteiger partial charge is 0.171 e. The summed E-state index contributed by atoms with van der Waals surface area (Å²) < 4.78 is 24.2. The van der Waals surface area contributed by atoms with Crippen LogP contribution in [-0.2, 0) is 18.9 Å². The Morgan fingerprint density at radius 2 is 1.48 bits per heavy atom. The Morgan fingerprint density at radius 1 is 0.750 bits per heavy atom. The fourth-order valence-electron chi connectivity index (χ4n) is 13.4. The molecule has 0 aromatic carbocycles. The monoisotopic (exact) mass is 667 g/mol. The molecule has 7 heteroatoms. The van der Waals surface area contributed by atoms with E-state index in [0.29, 0.717) is 61.9 Å². The van der Waals surface area contributed by atoms with Crippen LogP contribution < -0.4 is 0 Å². The van der Waals surface area contributed by atoms with Crippen LogP contribution in [0, 0.1) is 52.8 Å². The largest absolute Gasteiger partial charge is 0.389 e. The third-order valence-electron chi connectivity index (χ3n) is 15.9. The first-order valence-electron chi connectivity index (χ1n) is 20.4. The van der Waals surface area contributed by atoms with Gasteiger partial charge in [-0.25, -0.2) is 0 Å². The van der Waals surface area contributed by atoms with E-state index < -0.39 is 17.0 Å². The van der Waals surface area contributed by atoms with Crippen LogP contribution in [0.3, 0.4) is 0 Å². The Kier molecular flexibility index (Phi) is 9.80. The summed E-state index contributed by atoms with van der Waals surface area (Å²) in [5, 5.41) is 25.0. The number of hydrogen-bond acceptors (Lipinski definition) is 7. The summed E-state index contributed by atoms with van der Waals surface area (Å²) in [5.74, 6) is 9.07. The van der Waals surface area contributed by atoms with Crippen LogP contribution in [0.2, 0.25) is 0 Å². The number of aliphatic hydroxyl groups is 2. The molecule has 48 heavy (non-hydrogen) atoms. The van der Waals surface area contributed by atoms with E-state index in [2.05, 4.69) is 30.7 Å². The lowest BCUT2D eigenvalue weighted by molar-refractivity contribution is -0.265. The molecular formula is C41H65NO6. The van der Waals surface area contributed by atoms with Gasteiger partial charge in [0.2, 0.25) is 0 Å². The van der Waals surface area contributed by atoms with E-state index in [4.69, 9.17) is 18.9 Å². The summed E-state index contributed by atoms with van der Waals surface area (Å²) in [6, 6.07) is 1.46. The Hall–Kier alpha value is -0.720. The molecule has 8 fully saturated rings. The lowest BCUT2D eigenvalue weighted by Crippen LogP contribution is -2.63. The van der Waals surface area contributed by atoms with E-state index in [1.807, 2.05) is 0 Å². The fraction of sp³-hybridized carbons (Fsp3) is 0.951. The van der Waals surface area contributed by atoms with E-state index in [1.165, 1.54) is 57.8 Å². The number of hydrogen-bond donors (Lipinski definition) is 2. The molecule has 2 saturated heterocycles. The zero-order chi connectivity index (χ0) is 33.0. The normalized spacial score (nSPS) is 47.6. The highest BCUT2D eigenvalue weighted by atomic mass is 16.7. The van der Waals surface area contributed by atoms with Crippen LogP contribution in [0.1, 0.15) is 135 Å². The van der Waals surface area contributed by atoms with Gasteiger partial charge in [0.05, 0.1) is 18.8 Å². The average molecular weight is 668 g/mol. The molecule has 0 aromatic heterocycles. The summed E-state index contributed by atoms with van der Waals surface area (Å²) in [7, 11) is 2.41. The van der Waals surface area contributed by atoms with E-state index in [1.54, 1.807) is 0 Å². The average Bonchev–Trinajstić information content (AvgIpc) is 3.67. The molecule has 9 unspecified atom stereocenters. The first kappa shape index (κ1) is 34.4. The van der Waals surface area contributed by atoms with Crippen molar-refractivity contribution in [2.24, 2.45) is 40.9 Å². The standard InChI is InChI=1S/C41H65NO6/c1-38-27-33(29-12-14-31(15-13-29)42(2)30-9-4-3-5-10-30)37-32(16-20-39(43)28-41(22-18-35(37)39)47-25-26-48-41)34(38)17-21-40(38,44)19-8-24-46-36-11-6-7-23-45-36/h29-37,43-44H,3-7,9-18,20-28H2,1-2H3. The zero-order valence-corrected chi connectivity index (χ0v) is 30.1. The van der Waals surface area contributed by atoms with Crippen molar-refractivity contribution in [2.75, 3.05) is 33.5 Å². The maximum Gasteiger partial charge on any atom is 0.171 e. The van der Waals surface area contributed by atoms with Gasteiger partial charge >= 0.3 is 0 Å². The Bertz CT molecular complexity index is 1180. The number of ether oxygens (including phenoxy) is 4. The van der Waals surface area contributed by atoms with Crippen LogP contribution in [0.15, 0.2) is 0 Å². The highest BCUT2D eigenvalue weighted by molar-refractivity contribution is 5.27. The number of fused-ring (bicyclic) bond motifs is 5. The van der Waals surface area contributed by atoms with Gasteiger partial charge in [0, 0.05) is 36.9 Å². The molecule has 6 saturated carbocycles. The third kappa shape index (κ3) is 6.14. The van der Waals surface area contributed by atoms with E-state index in [9.17, 15) is 10.2 Å². The second kappa shape index (κ2) is 13.7. The molecule has 2 N–H and O–H groups in total. The van der Waals surface area contributed by atoms with Crippen LogP contribution in [0.25, 0.3) is 0 Å². The molecule has 2 heterocycles. The molecule has 0 aromatic rings. The molecule has 8 rings (SSSR count). The maximum atomic E-state index is 12.5. The van der Waals surface area contributed by atoms with Crippen molar-refractivity contribution in [1.82, 2.24) is 4.90 Å². The van der Waals surface area contributed by atoms with E-state index in [-0.39, 0.29) is 17.6 Å². The zero-order valence-electron chi connectivity index (χ0n) is 30.1. The Morgan fingerprint density at radius 3 is 2.23 bits per heavy atom. The van der Waals surface area contributed by atoms with Crippen LogP contribution >= 0.6 is 0 Å². The number of rotatable bonds is 5.